The Bertz CT molecular complexity index is 212. The number of piperidine rings is 1. The van der Waals surface area contributed by atoms with E-state index in [0.717, 1.165) is 19.1 Å². The highest BCUT2D eigenvalue weighted by molar-refractivity contribution is 5.10. The second-order valence-corrected chi connectivity index (χ2v) is 4.34. The average Bonchev–Trinajstić information content (AvgIpc) is 2.30. The third-order valence-electron chi connectivity index (χ3n) is 3.48. The van der Waals surface area contributed by atoms with E-state index >= 15 is 0 Å². The lowest BCUT2D eigenvalue weighted by Crippen LogP contribution is -2.36. The smallest absolute Gasteiger partial charge is 0.0650 e. The normalized spacial score (nSPS) is 30.1. The summed E-state index contributed by atoms with van der Waals surface area (Å²) in [6.07, 6.45) is 6.24. The van der Waals surface area contributed by atoms with Crippen molar-refractivity contribution in [1.29, 1.82) is 0 Å². The first-order valence-corrected chi connectivity index (χ1v) is 5.89. The Balaban J connectivity index is 1.92. The minimum atomic E-state index is 0.826. The molecule has 0 aromatic carbocycles. The van der Waals surface area contributed by atoms with Gasteiger partial charge in [-0.05, 0) is 38.3 Å². The average molecular weight is 195 g/mol. The first-order chi connectivity index (χ1) is 6.90. The molecule has 0 radical (unpaired) electrons. The zero-order chi connectivity index (χ0) is 9.80. The van der Waals surface area contributed by atoms with Crippen LogP contribution < -0.4 is 0 Å². The lowest BCUT2D eigenvalue weighted by atomic mass is 9.88. The quantitative estimate of drug-likeness (QED) is 0.625. The number of hydrogen-bond acceptors (Lipinski definition) is 2. The number of nitrogens with zero attached hydrogens (tertiary/aromatic N) is 1. The van der Waals surface area contributed by atoms with Gasteiger partial charge in [-0.2, -0.15) is 0 Å². The first kappa shape index (κ1) is 10.2. The molecule has 1 fully saturated rings. The van der Waals surface area contributed by atoms with Crippen molar-refractivity contribution < 1.29 is 4.74 Å². The van der Waals surface area contributed by atoms with Crippen molar-refractivity contribution in [1.82, 2.24) is 4.90 Å². The lowest BCUT2D eigenvalue weighted by Gasteiger charge is -2.34. The van der Waals surface area contributed by atoms with Gasteiger partial charge >= 0.3 is 0 Å². The van der Waals surface area contributed by atoms with Crippen LogP contribution in [0.15, 0.2) is 11.6 Å². The molecule has 2 rings (SSSR count). The topological polar surface area (TPSA) is 12.5 Å². The van der Waals surface area contributed by atoms with Crippen molar-refractivity contribution in [3.8, 4) is 0 Å². The van der Waals surface area contributed by atoms with E-state index in [1.807, 2.05) is 0 Å². The molecule has 0 spiro atoms. The molecule has 0 N–H and O–H groups in total. The molecule has 1 unspecified atom stereocenters. The van der Waals surface area contributed by atoms with Crippen LogP contribution in [0.25, 0.3) is 0 Å². The van der Waals surface area contributed by atoms with Gasteiger partial charge in [0.2, 0.25) is 0 Å². The molecule has 2 heterocycles. The maximum atomic E-state index is 5.35. The highest BCUT2D eigenvalue weighted by Crippen LogP contribution is 2.26. The van der Waals surface area contributed by atoms with Gasteiger partial charge in [-0.1, -0.05) is 18.6 Å². The monoisotopic (exact) mass is 195 g/mol. The summed E-state index contributed by atoms with van der Waals surface area (Å²) in [6.45, 7) is 7.84. The molecule has 0 bridgehead atoms. The number of likely N-dealkylation sites (tertiary alicyclic amines) is 1. The zero-order valence-electron chi connectivity index (χ0n) is 9.17. The van der Waals surface area contributed by atoms with E-state index < -0.39 is 0 Å². The zero-order valence-corrected chi connectivity index (χ0v) is 9.17. The summed E-state index contributed by atoms with van der Waals surface area (Å²) in [5.41, 5.74) is 1.66. The van der Waals surface area contributed by atoms with E-state index in [-0.39, 0.29) is 0 Å². The third kappa shape index (κ3) is 2.37. The fourth-order valence-corrected chi connectivity index (χ4v) is 2.56. The van der Waals surface area contributed by atoms with Crippen molar-refractivity contribution in [2.75, 3.05) is 32.8 Å². The van der Waals surface area contributed by atoms with Gasteiger partial charge in [0.05, 0.1) is 13.2 Å². The molecule has 0 aliphatic carbocycles. The van der Waals surface area contributed by atoms with Crippen LogP contribution in [0.5, 0.6) is 0 Å². The Morgan fingerprint density at radius 2 is 2.50 bits per heavy atom. The van der Waals surface area contributed by atoms with Crippen molar-refractivity contribution in [3.63, 3.8) is 0 Å². The van der Waals surface area contributed by atoms with Crippen molar-refractivity contribution in [2.45, 2.75) is 26.2 Å². The highest BCUT2D eigenvalue weighted by Gasteiger charge is 2.22. The van der Waals surface area contributed by atoms with Gasteiger partial charge in [-0.3, -0.25) is 0 Å². The summed E-state index contributed by atoms with van der Waals surface area (Å²) in [4.78, 5) is 2.57. The van der Waals surface area contributed by atoms with E-state index in [1.165, 1.54) is 38.9 Å². The Morgan fingerprint density at radius 3 is 3.21 bits per heavy atom. The molecule has 1 atom stereocenters. The summed E-state index contributed by atoms with van der Waals surface area (Å²) in [5, 5.41) is 0. The van der Waals surface area contributed by atoms with Gasteiger partial charge in [0.15, 0.2) is 0 Å². The van der Waals surface area contributed by atoms with Crippen LogP contribution in [-0.2, 0) is 4.74 Å². The van der Waals surface area contributed by atoms with Crippen LogP contribution in [0.2, 0.25) is 0 Å². The summed E-state index contributed by atoms with van der Waals surface area (Å²) in [5.74, 6) is 0.826. The highest BCUT2D eigenvalue weighted by atomic mass is 16.5. The molecule has 0 aromatic rings. The van der Waals surface area contributed by atoms with E-state index in [2.05, 4.69) is 17.9 Å². The predicted molar refractivity (Wildman–Crippen MR) is 58.4 cm³/mol. The van der Waals surface area contributed by atoms with Gasteiger partial charge < -0.3 is 9.64 Å². The van der Waals surface area contributed by atoms with Crippen LogP contribution in [0.4, 0.5) is 0 Å². The predicted octanol–water partition coefficient (Wildman–Crippen LogP) is 2.06. The van der Waals surface area contributed by atoms with Crippen molar-refractivity contribution >= 4 is 0 Å². The van der Waals surface area contributed by atoms with E-state index in [4.69, 9.17) is 4.74 Å². The van der Waals surface area contributed by atoms with Crippen LogP contribution in [-0.4, -0.2) is 37.7 Å². The van der Waals surface area contributed by atoms with Crippen LogP contribution in [0.1, 0.15) is 26.2 Å². The molecular weight excluding hydrogens is 174 g/mol. The molecule has 0 aromatic heterocycles. The summed E-state index contributed by atoms with van der Waals surface area (Å²) < 4.78 is 5.35. The van der Waals surface area contributed by atoms with Gasteiger partial charge in [-0.25, -0.2) is 0 Å². The van der Waals surface area contributed by atoms with Gasteiger partial charge in [0, 0.05) is 6.54 Å². The molecule has 2 nitrogen and oxygen atoms in total. The molecular formula is C12H21NO. The number of rotatable bonds is 2. The Hall–Kier alpha value is -0.340. The van der Waals surface area contributed by atoms with E-state index in [0.29, 0.717) is 0 Å². The Labute approximate surface area is 86.9 Å². The van der Waals surface area contributed by atoms with Gasteiger partial charge in [0.25, 0.3) is 0 Å². The number of hydrogen-bond donors (Lipinski definition) is 0. The second-order valence-electron chi connectivity index (χ2n) is 4.34. The van der Waals surface area contributed by atoms with Gasteiger partial charge in [-0.15, -0.1) is 0 Å². The van der Waals surface area contributed by atoms with Gasteiger partial charge in [0.1, 0.15) is 0 Å². The summed E-state index contributed by atoms with van der Waals surface area (Å²) >= 11 is 0. The fourth-order valence-electron chi connectivity index (χ4n) is 2.56. The maximum absolute atomic E-state index is 5.35. The van der Waals surface area contributed by atoms with Crippen LogP contribution >= 0.6 is 0 Å². The third-order valence-corrected chi connectivity index (χ3v) is 3.48. The second kappa shape index (κ2) is 4.94. The minimum absolute atomic E-state index is 0.826. The molecule has 2 aliphatic rings. The van der Waals surface area contributed by atoms with Crippen molar-refractivity contribution in [3.05, 3.63) is 11.6 Å². The maximum Gasteiger partial charge on any atom is 0.0650 e. The van der Waals surface area contributed by atoms with Crippen LogP contribution in [0.3, 0.4) is 0 Å². The molecule has 1 saturated heterocycles. The Kier molecular flexibility index (Phi) is 3.60. The largest absolute Gasteiger partial charge is 0.377 e. The first-order valence-electron chi connectivity index (χ1n) is 5.89. The van der Waals surface area contributed by atoms with Crippen molar-refractivity contribution in [2.24, 2.45) is 5.92 Å². The molecule has 0 saturated carbocycles. The Morgan fingerprint density at radius 1 is 1.57 bits per heavy atom. The molecule has 80 valence electrons. The molecule has 2 heteroatoms. The molecule has 0 amide bonds. The lowest BCUT2D eigenvalue weighted by molar-refractivity contribution is 0.140. The van der Waals surface area contributed by atoms with E-state index in [1.54, 1.807) is 5.57 Å². The number of ether oxygens (including phenoxy) is 1. The molecule has 2 aliphatic heterocycles. The fraction of sp³-hybridized carbons (Fsp3) is 0.833. The summed E-state index contributed by atoms with van der Waals surface area (Å²) in [7, 11) is 0. The SMILES string of the molecule is CCN1CCCC(C2=CCOCC2)C1. The molecule has 14 heavy (non-hydrogen) atoms. The van der Waals surface area contributed by atoms with Crippen LogP contribution in [0, 0.1) is 5.92 Å². The standard InChI is InChI=1S/C12H21NO/c1-2-13-7-3-4-12(10-13)11-5-8-14-9-6-11/h5,12H,2-4,6-10H2,1H3. The summed E-state index contributed by atoms with van der Waals surface area (Å²) in [6, 6.07) is 0. The minimum Gasteiger partial charge on any atom is -0.377 e. The van der Waals surface area contributed by atoms with E-state index in [9.17, 15) is 0 Å².